The first-order chi connectivity index (χ1) is 12.1. The van der Waals surface area contributed by atoms with Crippen LogP contribution in [0.1, 0.15) is 26.7 Å². The van der Waals surface area contributed by atoms with E-state index in [1.807, 2.05) is 68.4 Å². The lowest BCUT2D eigenvalue weighted by atomic mass is 10.0. The maximum atomic E-state index is 8.57. The number of imidazole rings is 1. The molecular formula is C22H20N2. The Kier molecular flexibility index (Phi) is 3.37. The standard InChI is InChI=1S/C22H20N2/c1-16(2)18-12-6-8-14-20(18)24-21-15-9-7-13-19(21)23-22(24)17-10-4-3-5-11-17/h3-16H,1-2H3/i16D. The molecule has 3 aromatic carbocycles. The van der Waals surface area contributed by atoms with Crippen molar-refractivity contribution in [2.75, 3.05) is 0 Å². The van der Waals surface area contributed by atoms with Gasteiger partial charge in [-0.1, -0.05) is 74.5 Å². The van der Waals surface area contributed by atoms with Crippen LogP contribution in [0.2, 0.25) is 0 Å². The van der Waals surface area contributed by atoms with Gasteiger partial charge in [0, 0.05) is 6.93 Å². The number of aromatic nitrogens is 2. The van der Waals surface area contributed by atoms with Crippen molar-refractivity contribution in [3.8, 4) is 17.1 Å². The lowest BCUT2D eigenvalue weighted by molar-refractivity contribution is 0.851. The Morgan fingerprint density at radius 2 is 1.50 bits per heavy atom. The van der Waals surface area contributed by atoms with Crippen molar-refractivity contribution >= 4 is 11.0 Å². The fourth-order valence-electron chi connectivity index (χ4n) is 3.14. The molecule has 1 aromatic heterocycles. The molecule has 1 heterocycles. The van der Waals surface area contributed by atoms with Gasteiger partial charge in [0.1, 0.15) is 5.82 Å². The number of hydrogen-bond donors (Lipinski definition) is 0. The molecule has 0 aliphatic heterocycles. The minimum absolute atomic E-state index is 0.698. The molecule has 24 heavy (non-hydrogen) atoms. The van der Waals surface area contributed by atoms with E-state index in [9.17, 15) is 0 Å². The van der Waals surface area contributed by atoms with Crippen LogP contribution in [0.3, 0.4) is 0 Å². The van der Waals surface area contributed by atoms with Gasteiger partial charge in [-0.25, -0.2) is 4.98 Å². The monoisotopic (exact) mass is 313 g/mol. The van der Waals surface area contributed by atoms with E-state index in [0.29, 0.717) is 0 Å². The molecule has 4 aromatic rings. The Morgan fingerprint density at radius 3 is 2.29 bits per heavy atom. The summed E-state index contributed by atoms with van der Waals surface area (Å²) in [4.78, 5) is 4.88. The van der Waals surface area contributed by atoms with Crippen LogP contribution in [0, 0.1) is 0 Å². The molecule has 0 saturated carbocycles. The fourth-order valence-corrected chi connectivity index (χ4v) is 3.14. The minimum atomic E-state index is -0.698. The normalized spacial score (nSPS) is 12.3. The Bertz CT molecular complexity index is 1030. The third-order valence-electron chi connectivity index (χ3n) is 4.28. The molecule has 0 bridgehead atoms. The molecule has 0 saturated heterocycles. The first-order valence-electron chi connectivity index (χ1n) is 8.68. The predicted molar refractivity (Wildman–Crippen MR) is 101 cm³/mol. The quantitative estimate of drug-likeness (QED) is 0.466. The van der Waals surface area contributed by atoms with Gasteiger partial charge in [0.2, 0.25) is 0 Å². The summed E-state index contributed by atoms with van der Waals surface area (Å²) in [6.45, 7) is 3.85. The highest BCUT2D eigenvalue weighted by Crippen LogP contribution is 2.32. The first-order valence-corrected chi connectivity index (χ1v) is 8.18. The SMILES string of the molecule is [2H]C(C)(C)c1ccccc1-n1c(-c2ccccc2)nc2ccccc21. The van der Waals surface area contributed by atoms with Crippen molar-refractivity contribution in [2.24, 2.45) is 0 Å². The number of hydrogen-bond acceptors (Lipinski definition) is 1. The van der Waals surface area contributed by atoms with Crippen molar-refractivity contribution in [3.05, 3.63) is 84.4 Å². The van der Waals surface area contributed by atoms with Crippen molar-refractivity contribution < 1.29 is 1.37 Å². The van der Waals surface area contributed by atoms with E-state index < -0.39 is 5.89 Å². The minimum Gasteiger partial charge on any atom is -0.292 e. The predicted octanol–water partition coefficient (Wildman–Crippen LogP) is 5.82. The Hall–Kier alpha value is -2.87. The van der Waals surface area contributed by atoms with Crippen LogP contribution >= 0.6 is 0 Å². The highest BCUT2D eigenvalue weighted by Gasteiger charge is 2.17. The van der Waals surface area contributed by atoms with E-state index >= 15 is 0 Å². The van der Waals surface area contributed by atoms with Gasteiger partial charge in [-0.2, -0.15) is 0 Å². The highest BCUT2D eigenvalue weighted by atomic mass is 15.1. The number of nitrogens with zero attached hydrogens (tertiary/aromatic N) is 2. The van der Waals surface area contributed by atoms with Gasteiger partial charge in [0.25, 0.3) is 0 Å². The van der Waals surface area contributed by atoms with Crippen LogP contribution in [-0.2, 0) is 0 Å². The Balaban J connectivity index is 2.09. The summed E-state index contributed by atoms with van der Waals surface area (Å²) in [5.41, 5.74) is 5.07. The second kappa shape index (κ2) is 5.97. The summed E-state index contributed by atoms with van der Waals surface area (Å²) in [5, 5.41) is 0. The smallest absolute Gasteiger partial charge is 0.145 e. The summed E-state index contributed by atoms with van der Waals surface area (Å²) in [7, 11) is 0. The summed E-state index contributed by atoms with van der Waals surface area (Å²) in [5.74, 6) is 0.203. The third kappa shape index (κ3) is 2.41. The Morgan fingerprint density at radius 1 is 0.833 bits per heavy atom. The Labute approximate surface area is 143 Å². The van der Waals surface area contributed by atoms with Gasteiger partial charge in [-0.15, -0.1) is 0 Å². The van der Waals surface area contributed by atoms with Crippen LogP contribution < -0.4 is 0 Å². The zero-order valence-electron chi connectivity index (χ0n) is 14.9. The number of para-hydroxylation sites is 3. The van der Waals surface area contributed by atoms with Crippen molar-refractivity contribution in [2.45, 2.75) is 19.7 Å². The topological polar surface area (TPSA) is 17.8 Å². The summed E-state index contributed by atoms with van der Waals surface area (Å²) >= 11 is 0. The maximum absolute atomic E-state index is 8.57. The van der Waals surface area contributed by atoms with Crippen molar-refractivity contribution in [1.82, 2.24) is 9.55 Å². The van der Waals surface area contributed by atoms with E-state index in [2.05, 4.69) is 28.8 Å². The van der Waals surface area contributed by atoms with Crippen LogP contribution in [-0.4, -0.2) is 9.55 Å². The molecule has 0 aliphatic rings. The van der Waals surface area contributed by atoms with Crippen LogP contribution in [0.4, 0.5) is 0 Å². The van der Waals surface area contributed by atoms with Gasteiger partial charge in [0.05, 0.1) is 16.7 Å². The molecule has 0 spiro atoms. The first kappa shape index (κ1) is 13.6. The second-order valence-electron chi connectivity index (χ2n) is 6.14. The fraction of sp³-hybridized carbons (Fsp3) is 0.136. The van der Waals surface area contributed by atoms with E-state index in [4.69, 9.17) is 6.35 Å². The van der Waals surface area contributed by atoms with Crippen LogP contribution in [0.25, 0.3) is 28.1 Å². The summed E-state index contributed by atoms with van der Waals surface area (Å²) in [6, 6.07) is 26.5. The van der Waals surface area contributed by atoms with E-state index in [1.54, 1.807) is 0 Å². The van der Waals surface area contributed by atoms with Gasteiger partial charge in [0.15, 0.2) is 0 Å². The van der Waals surface area contributed by atoms with Gasteiger partial charge >= 0.3 is 0 Å². The van der Waals surface area contributed by atoms with Gasteiger partial charge in [-0.05, 0) is 29.7 Å². The molecule has 0 atom stereocenters. The lowest BCUT2D eigenvalue weighted by Gasteiger charge is -2.16. The van der Waals surface area contributed by atoms with E-state index in [1.165, 1.54) is 0 Å². The van der Waals surface area contributed by atoms with Crippen molar-refractivity contribution in [3.63, 3.8) is 0 Å². The summed E-state index contributed by atoms with van der Waals surface area (Å²) in [6.07, 6.45) is 0. The van der Waals surface area contributed by atoms with Crippen molar-refractivity contribution in [1.29, 1.82) is 0 Å². The molecule has 0 aliphatic carbocycles. The number of benzene rings is 3. The molecule has 4 rings (SSSR count). The van der Waals surface area contributed by atoms with Gasteiger partial charge in [-0.3, -0.25) is 4.57 Å². The third-order valence-corrected chi connectivity index (χ3v) is 4.28. The molecule has 0 unspecified atom stereocenters. The molecular weight excluding hydrogens is 292 g/mol. The molecule has 0 amide bonds. The average Bonchev–Trinajstić information content (AvgIpc) is 3.01. The van der Waals surface area contributed by atoms with Crippen LogP contribution in [0.5, 0.6) is 0 Å². The number of rotatable bonds is 3. The lowest BCUT2D eigenvalue weighted by Crippen LogP contribution is -2.03. The average molecular weight is 313 g/mol. The summed E-state index contributed by atoms with van der Waals surface area (Å²) < 4.78 is 10.7. The van der Waals surface area contributed by atoms with E-state index in [-0.39, 0.29) is 0 Å². The molecule has 0 radical (unpaired) electrons. The molecule has 0 fully saturated rings. The molecule has 118 valence electrons. The molecule has 2 heteroatoms. The molecule has 0 N–H and O–H groups in total. The number of fused-ring (bicyclic) bond motifs is 1. The maximum Gasteiger partial charge on any atom is 0.145 e. The van der Waals surface area contributed by atoms with Gasteiger partial charge < -0.3 is 0 Å². The van der Waals surface area contributed by atoms with E-state index in [0.717, 1.165) is 33.7 Å². The zero-order valence-corrected chi connectivity index (χ0v) is 13.9. The highest BCUT2D eigenvalue weighted by molar-refractivity contribution is 5.83. The molecule has 2 nitrogen and oxygen atoms in total. The largest absolute Gasteiger partial charge is 0.292 e. The second-order valence-corrected chi connectivity index (χ2v) is 6.14. The zero-order chi connectivity index (χ0) is 17.4. The van der Waals surface area contributed by atoms with Crippen LogP contribution in [0.15, 0.2) is 78.9 Å².